The van der Waals surface area contributed by atoms with Crippen LogP contribution in [0.4, 0.5) is 10.1 Å². The minimum atomic E-state index is -0.394. The number of halogens is 2. The van der Waals surface area contributed by atoms with Gasteiger partial charge in [0.1, 0.15) is 11.6 Å². The predicted octanol–water partition coefficient (Wildman–Crippen LogP) is 5.19. The number of anilines is 1. The van der Waals surface area contributed by atoms with E-state index in [1.165, 1.54) is 24.3 Å². The van der Waals surface area contributed by atoms with Gasteiger partial charge in [0.2, 0.25) is 0 Å². The van der Waals surface area contributed by atoms with E-state index in [4.69, 9.17) is 16.3 Å². The van der Waals surface area contributed by atoms with Crippen LogP contribution in [0.25, 0.3) is 0 Å². The number of piperidine rings is 1. The molecule has 1 N–H and O–H groups in total. The molecule has 0 unspecified atom stereocenters. The Morgan fingerprint density at radius 2 is 1.56 bits per heavy atom. The Hall–Kier alpha value is -3.71. The van der Waals surface area contributed by atoms with Crippen molar-refractivity contribution in [3.8, 4) is 5.75 Å². The van der Waals surface area contributed by atoms with E-state index in [-0.39, 0.29) is 23.7 Å². The number of carbonyl (C=O) groups excluding carboxylic acids is 3. The maximum atomic E-state index is 13.1. The summed E-state index contributed by atoms with van der Waals surface area (Å²) in [7, 11) is 0. The Labute approximate surface area is 201 Å². The van der Waals surface area contributed by atoms with Crippen LogP contribution in [0.5, 0.6) is 5.75 Å². The number of esters is 1. The van der Waals surface area contributed by atoms with Crippen molar-refractivity contribution in [2.45, 2.75) is 12.8 Å². The number of ether oxygens (including phenoxy) is 1. The number of nitrogens with zero attached hydrogens (tertiary/aromatic N) is 1. The number of hydrogen-bond donors (Lipinski definition) is 1. The zero-order chi connectivity index (χ0) is 24.1. The molecule has 0 spiro atoms. The highest BCUT2D eigenvalue weighted by molar-refractivity contribution is 6.34. The van der Waals surface area contributed by atoms with E-state index < -0.39 is 5.82 Å². The normalized spacial score (nSPS) is 13.9. The molecule has 34 heavy (non-hydrogen) atoms. The summed E-state index contributed by atoms with van der Waals surface area (Å²) in [6.45, 7) is 0.839. The number of nitrogens with one attached hydrogen (secondary N) is 1. The highest BCUT2D eigenvalue weighted by Gasteiger charge is 2.29. The summed E-state index contributed by atoms with van der Waals surface area (Å²) in [6, 6.07) is 18.7. The molecule has 1 aliphatic rings. The number of hydrogen-bond acceptors (Lipinski definition) is 4. The van der Waals surface area contributed by atoms with E-state index in [9.17, 15) is 18.8 Å². The fraction of sp³-hybridized carbons (Fsp3) is 0.192. The predicted molar refractivity (Wildman–Crippen MR) is 127 cm³/mol. The molecule has 0 saturated carbocycles. The molecule has 0 aromatic heterocycles. The summed E-state index contributed by atoms with van der Waals surface area (Å²) in [5.74, 6) is -1.23. The number of carbonyl (C=O) groups is 3. The highest BCUT2D eigenvalue weighted by atomic mass is 35.5. The van der Waals surface area contributed by atoms with Gasteiger partial charge in [0.15, 0.2) is 0 Å². The second-order valence-corrected chi connectivity index (χ2v) is 8.36. The van der Waals surface area contributed by atoms with Gasteiger partial charge in [-0.1, -0.05) is 23.7 Å². The van der Waals surface area contributed by atoms with E-state index in [2.05, 4.69) is 5.32 Å². The summed E-state index contributed by atoms with van der Waals surface area (Å²) < 4.78 is 18.6. The molecule has 1 fully saturated rings. The minimum Gasteiger partial charge on any atom is -0.426 e. The van der Waals surface area contributed by atoms with Crippen LogP contribution < -0.4 is 10.1 Å². The second-order valence-electron chi connectivity index (χ2n) is 7.95. The van der Waals surface area contributed by atoms with Crippen molar-refractivity contribution in [2.75, 3.05) is 18.4 Å². The van der Waals surface area contributed by atoms with Crippen LogP contribution in [0.1, 0.15) is 33.6 Å². The van der Waals surface area contributed by atoms with E-state index >= 15 is 0 Å². The summed E-state index contributed by atoms with van der Waals surface area (Å²) in [5, 5.41) is 3.11. The molecular weight excluding hydrogens is 459 g/mol. The molecule has 0 radical (unpaired) electrons. The third kappa shape index (κ3) is 5.61. The summed E-state index contributed by atoms with van der Waals surface area (Å²) >= 11 is 6.05. The highest BCUT2D eigenvalue weighted by Crippen LogP contribution is 2.24. The van der Waals surface area contributed by atoms with Crippen molar-refractivity contribution in [3.05, 3.63) is 94.8 Å². The molecule has 0 bridgehead atoms. The molecule has 1 heterocycles. The minimum absolute atomic E-state index is 0.179. The van der Waals surface area contributed by atoms with Crippen LogP contribution in [0.2, 0.25) is 5.02 Å². The first-order valence-corrected chi connectivity index (χ1v) is 11.2. The molecule has 0 atom stereocenters. The maximum Gasteiger partial charge on any atom is 0.314 e. The largest absolute Gasteiger partial charge is 0.426 e. The van der Waals surface area contributed by atoms with Gasteiger partial charge in [-0.2, -0.15) is 0 Å². The van der Waals surface area contributed by atoms with Crippen LogP contribution in [0.3, 0.4) is 0 Å². The molecule has 174 valence electrons. The lowest BCUT2D eigenvalue weighted by Crippen LogP contribution is -2.41. The van der Waals surface area contributed by atoms with Crippen molar-refractivity contribution in [1.82, 2.24) is 4.90 Å². The molecule has 2 amide bonds. The zero-order valence-electron chi connectivity index (χ0n) is 18.2. The van der Waals surface area contributed by atoms with Crippen molar-refractivity contribution in [1.29, 1.82) is 0 Å². The molecule has 3 aromatic rings. The molecule has 1 saturated heterocycles. The smallest absolute Gasteiger partial charge is 0.314 e. The van der Waals surface area contributed by atoms with Gasteiger partial charge in [0, 0.05) is 24.3 Å². The summed E-state index contributed by atoms with van der Waals surface area (Å²) in [5.41, 5.74) is 1.32. The van der Waals surface area contributed by atoms with E-state index in [0.29, 0.717) is 53.5 Å². The number of benzene rings is 3. The summed E-state index contributed by atoms with van der Waals surface area (Å²) in [6.07, 6.45) is 0.968. The molecule has 3 aromatic carbocycles. The first-order chi connectivity index (χ1) is 16.4. The Balaban J connectivity index is 1.28. The Kier molecular flexibility index (Phi) is 7.23. The SMILES string of the molecule is O=C(Nc1ccc(OC(=O)C2CCN(C(=O)c3ccc(F)cc3)CC2)cc1)c1ccccc1Cl. The lowest BCUT2D eigenvalue weighted by Gasteiger charge is -2.31. The van der Waals surface area contributed by atoms with Crippen LogP contribution >= 0.6 is 11.6 Å². The van der Waals surface area contributed by atoms with Gasteiger partial charge in [-0.05, 0) is 73.5 Å². The van der Waals surface area contributed by atoms with E-state index in [1.807, 2.05) is 0 Å². The summed E-state index contributed by atoms with van der Waals surface area (Å²) in [4.78, 5) is 39.1. The molecule has 0 aliphatic carbocycles. The van der Waals surface area contributed by atoms with E-state index in [0.717, 1.165) is 0 Å². The van der Waals surface area contributed by atoms with Gasteiger partial charge >= 0.3 is 5.97 Å². The lowest BCUT2D eigenvalue weighted by atomic mass is 9.96. The molecule has 4 rings (SSSR count). The number of amides is 2. The van der Waals surface area contributed by atoms with Gasteiger partial charge in [-0.25, -0.2) is 4.39 Å². The second kappa shape index (κ2) is 10.5. The van der Waals surface area contributed by atoms with Gasteiger partial charge in [0.25, 0.3) is 11.8 Å². The Morgan fingerprint density at radius 1 is 0.912 bits per heavy atom. The standard InChI is InChI=1S/C26H22ClFN2O4/c27-23-4-2-1-3-22(23)24(31)29-20-9-11-21(12-10-20)34-26(33)18-13-15-30(16-14-18)25(32)17-5-7-19(28)8-6-17/h1-12,18H,13-16H2,(H,29,31). The maximum absolute atomic E-state index is 13.1. The van der Waals surface area contributed by atoms with Crippen molar-refractivity contribution in [3.63, 3.8) is 0 Å². The third-order valence-electron chi connectivity index (χ3n) is 5.66. The fourth-order valence-electron chi connectivity index (χ4n) is 3.74. The van der Waals surface area contributed by atoms with Crippen LogP contribution in [0.15, 0.2) is 72.8 Å². The van der Waals surface area contributed by atoms with Crippen LogP contribution in [-0.2, 0) is 4.79 Å². The Bertz CT molecular complexity index is 1190. The van der Waals surface area contributed by atoms with Crippen LogP contribution in [0, 0.1) is 11.7 Å². The fourth-order valence-corrected chi connectivity index (χ4v) is 3.96. The van der Waals surface area contributed by atoms with E-state index in [1.54, 1.807) is 53.4 Å². The average molecular weight is 481 g/mol. The topological polar surface area (TPSA) is 75.7 Å². The van der Waals surface area contributed by atoms with Gasteiger partial charge < -0.3 is 15.0 Å². The third-order valence-corrected chi connectivity index (χ3v) is 5.99. The molecule has 6 nitrogen and oxygen atoms in total. The average Bonchev–Trinajstić information content (AvgIpc) is 2.85. The first kappa shape index (κ1) is 23.4. The van der Waals surface area contributed by atoms with Crippen molar-refractivity contribution < 1.29 is 23.5 Å². The number of rotatable bonds is 5. The van der Waals surface area contributed by atoms with Gasteiger partial charge in [0.05, 0.1) is 16.5 Å². The van der Waals surface area contributed by atoms with Gasteiger partial charge in [-0.15, -0.1) is 0 Å². The molecule has 8 heteroatoms. The van der Waals surface area contributed by atoms with Gasteiger partial charge in [-0.3, -0.25) is 14.4 Å². The quantitative estimate of drug-likeness (QED) is 0.403. The van der Waals surface area contributed by atoms with Crippen molar-refractivity contribution in [2.24, 2.45) is 5.92 Å². The first-order valence-electron chi connectivity index (χ1n) is 10.8. The Morgan fingerprint density at radius 3 is 2.21 bits per heavy atom. The molecular formula is C26H22ClFN2O4. The zero-order valence-corrected chi connectivity index (χ0v) is 18.9. The van der Waals surface area contributed by atoms with Crippen molar-refractivity contribution >= 4 is 35.1 Å². The lowest BCUT2D eigenvalue weighted by molar-refractivity contribution is -0.140. The van der Waals surface area contributed by atoms with Crippen LogP contribution in [-0.4, -0.2) is 35.8 Å². The monoisotopic (exact) mass is 480 g/mol. The molecule has 1 aliphatic heterocycles. The number of likely N-dealkylation sites (tertiary alicyclic amines) is 1.